The van der Waals surface area contributed by atoms with E-state index in [9.17, 15) is 4.79 Å². The minimum atomic E-state index is -0.864. The van der Waals surface area contributed by atoms with Crippen LogP contribution >= 0.6 is 0 Å². The second-order valence-electron chi connectivity index (χ2n) is 4.23. The Morgan fingerprint density at radius 1 is 1.59 bits per heavy atom. The fourth-order valence-corrected chi connectivity index (χ4v) is 1.65. The molecule has 0 aromatic carbocycles. The van der Waals surface area contributed by atoms with E-state index in [0.29, 0.717) is 17.3 Å². The number of aliphatic carboxylic acids is 1. The summed E-state index contributed by atoms with van der Waals surface area (Å²) >= 11 is 0. The predicted octanol–water partition coefficient (Wildman–Crippen LogP) is 1.25. The summed E-state index contributed by atoms with van der Waals surface area (Å²) in [4.78, 5) is 16.7. The number of nitriles is 1. The molecule has 5 nitrogen and oxygen atoms in total. The lowest BCUT2D eigenvalue weighted by Crippen LogP contribution is -2.32. The first-order valence-corrected chi connectivity index (χ1v) is 5.52. The van der Waals surface area contributed by atoms with Gasteiger partial charge in [0.1, 0.15) is 18.4 Å². The van der Waals surface area contributed by atoms with Crippen LogP contribution in [0.1, 0.15) is 18.4 Å². The third kappa shape index (κ3) is 3.18. The molecule has 1 aromatic rings. The highest BCUT2D eigenvalue weighted by molar-refractivity contribution is 5.73. The molecule has 1 aliphatic rings. The normalized spacial score (nSPS) is 14.1. The van der Waals surface area contributed by atoms with E-state index < -0.39 is 5.97 Å². The molecule has 1 N–H and O–H groups in total. The molecule has 0 bridgehead atoms. The summed E-state index contributed by atoms with van der Waals surface area (Å²) in [5.41, 5.74) is 0.482. The van der Waals surface area contributed by atoms with E-state index in [4.69, 9.17) is 10.4 Å². The Hall–Kier alpha value is -2.09. The zero-order valence-electron chi connectivity index (χ0n) is 9.33. The number of hydrogen-bond donors (Lipinski definition) is 1. The van der Waals surface area contributed by atoms with Crippen LogP contribution in [0.5, 0.6) is 0 Å². The Morgan fingerprint density at radius 3 is 2.82 bits per heavy atom. The van der Waals surface area contributed by atoms with Gasteiger partial charge in [-0.2, -0.15) is 5.26 Å². The number of carboxylic acid groups (broad SMARTS) is 1. The van der Waals surface area contributed by atoms with Gasteiger partial charge < -0.3 is 10.0 Å². The van der Waals surface area contributed by atoms with Gasteiger partial charge in [0.15, 0.2) is 0 Å². The molecule has 0 aliphatic heterocycles. The fourth-order valence-electron chi connectivity index (χ4n) is 1.65. The molecular weight excluding hydrogens is 218 g/mol. The minimum Gasteiger partial charge on any atom is -0.480 e. The van der Waals surface area contributed by atoms with Crippen molar-refractivity contribution in [1.82, 2.24) is 4.98 Å². The largest absolute Gasteiger partial charge is 0.480 e. The molecule has 0 amide bonds. The molecule has 2 rings (SSSR count). The van der Waals surface area contributed by atoms with Crippen molar-refractivity contribution in [3.05, 3.63) is 23.9 Å². The van der Waals surface area contributed by atoms with Gasteiger partial charge in [0.25, 0.3) is 0 Å². The summed E-state index contributed by atoms with van der Waals surface area (Å²) in [6.45, 7) is 0.681. The van der Waals surface area contributed by atoms with Crippen molar-refractivity contribution >= 4 is 11.8 Å². The number of nitrogens with zero attached hydrogens (tertiary/aromatic N) is 3. The molecule has 1 heterocycles. The number of carboxylic acids is 1. The molecule has 0 saturated heterocycles. The number of pyridine rings is 1. The van der Waals surface area contributed by atoms with E-state index in [-0.39, 0.29) is 6.54 Å². The van der Waals surface area contributed by atoms with Crippen LogP contribution in [0.4, 0.5) is 5.82 Å². The molecule has 0 atom stereocenters. The second-order valence-corrected chi connectivity index (χ2v) is 4.23. The van der Waals surface area contributed by atoms with Gasteiger partial charge in [0.05, 0.1) is 5.56 Å². The highest BCUT2D eigenvalue weighted by Crippen LogP contribution is 2.30. The molecule has 1 aliphatic carbocycles. The van der Waals surface area contributed by atoms with E-state index in [0.717, 1.165) is 19.4 Å². The van der Waals surface area contributed by atoms with E-state index >= 15 is 0 Å². The third-order valence-electron chi connectivity index (χ3n) is 2.70. The summed E-state index contributed by atoms with van der Waals surface area (Å²) in [5, 5.41) is 17.5. The molecule has 1 saturated carbocycles. The quantitative estimate of drug-likeness (QED) is 0.825. The predicted molar refractivity (Wildman–Crippen MR) is 61.5 cm³/mol. The summed E-state index contributed by atoms with van der Waals surface area (Å²) < 4.78 is 0. The Morgan fingerprint density at radius 2 is 2.35 bits per heavy atom. The zero-order chi connectivity index (χ0) is 12.3. The summed E-state index contributed by atoms with van der Waals surface area (Å²) in [7, 11) is 0. The van der Waals surface area contributed by atoms with Gasteiger partial charge in [0, 0.05) is 12.7 Å². The summed E-state index contributed by atoms with van der Waals surface area (Å²) in [5.74, 6) is 0.349. The van der Waals surface area contributed by atoms with Crippen molar-refractivity contribution in [3.63, 3.8) is 0 Å². The van der Waals surface area contributed by atoms with Gasteiger partial charge in [-0.1, -0.05) is 0 Å². The molecule has 0 radical (unpaired) electrons. The van der Waals surface area contributed by atoms with E-state index in [1.54, 1.807) is 17.0 Å². The molecule has 1 aromatic heterocycles. The maximum absolute atomic E-state index is 10.8. The minimum absolute atomic E-state index is 0.0462. The number of anilines is 1. The van der Waals surface area contributed by atoms with Crippen LogP contribution in [0.3, 0.4) is 0 Å². The maximum Gasteiger partial charge on any atom is 0.323 e. The van der Waals surface area contributed by atoms with Crippen LogP contribution < -0.4 is 4.90 Å². The Bertz CT molecular complexity index is 446. The van der Waals surface area contributed by atoms with Gasteiger partial charge in [-0.15, -0.1) is 0 Å². The van der Waals surface area contributed by atoms with Crippen molar-refractivity contribution in [1.29, 1.82) is 5.26 Å². The van der Waals surface area contributed by atoms with Gasteiger partial charge >= 0.3 is 5.97 Å². The van der Waals surface area contributed by atoms with Crippen molar-refractivity contribution in [2.75, 3.05) is 18.0 Å². The van der Waals surface area contributed by atoms with E-state index in [1.165, 1.54) is 6.20 Å². The first-order chi connectivity index (χ1) is 8.19. The highest BCUT2D eigenvalue weighted by Gasteiger charge is 2.25. The van der Waals surface area contributed by atoms with Crippen LogP contribution in [-0.2, 0) is 4.79 Å². The standard InChI is InChI=1S/C12H13N3O2/c13-5-10-3-4-11(14-6-10)15(8-12(16)17)7-9-1-2-9/h3-4,6,9H,1-2,7-8H2,(H,16,17). The number of aromatic nitrogens is 1. The maximum atomic E-state index is 10.8. The molecule has 17 heavy (non-hydrogen) atoms. The summed E-state index contributed by atoms with van der Waals surface area (Å²) in [6.07, 6.45) is 3.79. The van der Waals surface area contributed by atoms with Crippen LogP contribution in [0.25, 0.3) is 0 Å². The van der Waals surface area contributed by atoms with Crippen molar-refractivity contribution in [2.45, 2.75) is 12.8 Å². The van der Waals surface area contributed by atoms with Crippen LogP contribution in [-0.4, -0.2) is 29.1 Å². The molecule has 5 heteroatoms. The van der Waals surface area contributed by atoms with Gasteiger partial charge in [-0.05, 0) is 30.9 Å². The fraction of sp³-hybridized carbons (Fsp3) is 0.417. The van der Waals surface area contributed by atoms with E-state index in [1.807, 2.05) is 6.07 Å². The topological polar surface area (TPSA) is 77.2 Å². The SMILES string of the molecule is N#Cc1ccc(N(CC(=O)O)CC2CC2)nc1. The van der Waals surface area contributed by atoms with Crippen molar-refractivity contribution in [3.8, 4) is 6.07 Å². The van der Waals surface area contributed by atoms with Crippen molar-refractivity contribution < 1.29 is 9.90 Å². The van der Waals surface area contributed by atoms with Gasteiger partial charge in [-0.3, -0.25) is 4.79 Å². The zero-order valence-corrected chi connectivity index (χ0v) is 9.33. The number of rotatable bonds is 5. The molecule has 88 valence electrons. The Balaban J connectivity index is 2.11. The second kappa shape index (κ2) is 4.83. The van der Waals surface area contributed by atoms with E-state index in [2.05, 4.69) is 4.98 Å². The first kappa shape index (κ1) is 11.4. The molecule has 0 unspecified atom stereocenters. The highest BCUT2D eigenvalue weighted by atomic mass is 16.4. The lowest BCUT2D eigenvalue weighted by atomic mass is 10.3. The smallest absolute Gasteiger partial charge is 0.323 e. The van der Waals surface area contributed by atoms with Gasteiger partial charge in [0.2, 0.25) is 0 Å². The Kier molecular flexibility index (Phi) is 3.24. The first-order valence-electron chi connectivity index (χ1n) is 5.52. The molecular formula is C12H13N3O2. The molecule has 0 spiro atoms. The Labute approximate surface area is 99.3 Å². The van der Waals surface area contributed by atoms with Crippen LogP contribution in [0.2, 0.25) is 0 Å². The van der Waals surface area contributed by atoms with Crippen LogP contribution in [0.15, 0.2) is 18.3 Å². The molecule has 1 fully saturated rings. The lowest BCUT2D eigenvalue weighted by molar-refractivity contribution is -0.135. The summed E-state index contributed by atoms with van der Waals surface area (Å²) in [6, 6.07) is 5.34. The number of carbonyl (C=O) groups is 1. The van der Waals surface area contributed by atoms with Crippen molar-refractivity contribution in [2.24, 2.45) is 5.92 Å². The monoisotopic (exact) mass is 231 g/mol. The third-order valence-corrected chi connectivity index (χ3v) is 2.70. The average molecular weight is 231 g/mol. The van der Waals surface area contributed by atoms with Crippen LogP contribution in [0, 0.1) is 17.2 Å². The van der Waals surface area contributed by atoms with Gasteiger partial charge in [-0.25, -0.2) is 4.98 Å². The average Bonchev–Trinajstić information content (AvgIpc) is 3.12. The number of hydrogen-bond acceptors (Lipinski definition) is 4. The lowest BCUT2D eigenvalue weighted by Gasteiger charge is -2.21.